The van der Waals surface area contributed by atoms with E-state index < -0.39 is 26.5 Å². The van der Waals surface area contributed by atoms with Crippen LogP contribution in [0.1, 0.15) is 322 Å². The molecule has 0 radical (unpaired) electrons. The van der Waals surface area contributed by atoms with Crippen LogP contribution in [0.25, 0.3) is 0 Å². The van der Waals surface area contributed by atoms with Gasteiger partial charge < -0.3 is 20.1 Å². The van der Waals surface area contributed by atoms with Crippen molar-refractivity contribution in [3.63, 3.8) is 0 Å². The van der Waals surface area contributed by atoms with Gasteiger partial charge in [-0.1, -0.05) is 289 Å². The number of carbonyl (C=O) groups is 2. The van der Waals surface area contributed by atoms with Gasteiger partial charge in [-0.2, -0.15) is 0 Å². The molecule has 0 fully saturated rings. The topological polar surface area (TPSA) is 134 Å². The molecule has 0 aliphatic rings. The largest absolute Gasteiger partial charge is 0.472 e. The smallest absolute Gasteiger partial charge is 0.462 e. The molecule has 0 rings (SSSR count). The lowest BCUT2D eigenvalue weighted by atomic mass is 10.0. The van der Waals surface area contributed by atoms with Gasteiger partial charge in [0.25, 0.3) is 0 Å². The van der Waals surface area contributed by atoms with Gasteiger partial charge in [0.2, 0.25) is 0 Å². The fraction of sp³-hybridized carbons (Fsp3) is 0.902. The molecule has 2 unspecified atom stereocenters. The van der Waals surface area contributed by atoms with Crippen molar-refractivity contribution in [2.75, 3.05) is 26.4 Å². The van der Waals surface area contributed by atoms with E-state index >= 15 is 0 Å². The molecular formula is C61H118NO8P. The normalized spacial score (nSPS) is 13.1. The van der Waals surface area contributed by atoms with Crippen LogP contribution in [-0.4, -0.2) is 49.3 Å². The number of allylic oxidation sites excluding steroid dienone is 4. The molecule has 0 spiro atoms. The Hall–Kier alpha value is -1.51. The van der Waals surface area contributed by atoms with Gasteiger partial charge in [-0.15, -0.1) is 0 Å². The third kappa shape index (κ3) is 57.6. The van der Waals surface area contributed by atoms with Crippen LogP contribution >= 0.6 is 7.82 Å². The molecule has 2 atom stereocenters. The van der Waals surface area contributed by atoms with E-state index in [1.54, 1.807) is 0 Å². The zero-order chi connectivity index (χ0) is 51.7. The van der Waals surface area contributed by atoms with Crippen LogP contribution in [0.2, 0.25) is 0 Å². The molecule has 0 aliphatic heterocycles. The Morgan fingerprint density at radius 1 is 0.423 bits per heavy atom. The van der Waals surface area contributed by atoms with E-state index in [4.69, 9.17) is 24.3 Å². The van der Waals surface area contributed by atoms with Crippen LogP contribution in [0, 0.1) is 0 Å². The first-order chi connectivity index (χ1) is 34.8. The van der Waals surface area contributed by atoms with Gasteiger partial charge in [-0.05, 0) is 44.9 Å². The second kappa shape index (κ2) is 57.8. The summed E-state index contributed by atoms with van der Waals surface area (Å²) in [5.74, 6) is -0.814. The van der Waals surface area contributed by atoms with E-state index in [2.05, 4.69) is 38.2 Å². The first-order valence-corrected chi connectivity index (χ1v) is 32.3. The third-order valence-corrected chi connectivity index (χ3v) is 14.8. The first-order valence-electron chi connectivity index (χ1n) is 30.8. The quantitative estimate of drug-likeness (QED) is 0.0264. The monoisotopic (exact) mass is 1020 g/mol. The van der Waals surface area contributed by atoms with E-state index in [1.807, 2.05) is 0 Å². The number of hydrogen-bond acceptors (Lipinski definition) is 8. The number of esters is 2. The second-order valence-corrected chi connectivity index (χ2v) is 22.4. The molecule has 420 valence electrons. The van der Waals surface area contributed by atoms with Crippen molar-refractivity contribution in [2.45, 2.75) is 328 Å². The van der Waals surface area contributed by atoms with Crippen LogP contribution < -0.4 is 5.73 Å². The third-order valence-electron chi connectivity index (χ3n) is 13.8. The molecule has 0 aromatic rings. The predicted octanol–water partition coefficient (Wildman–Crippen LogP) is 19.4. The minimum absolute atomic E-state index is 0.0548. The molecule has 71 heavy (non-hydrogen) atoms. The van der Waals surface area contributed by atoms with Crippen LogP contribution in [0.15, 0.2) is 24.3 Å². The van der Waals surface area contributed by atoms with Crippen LogP contribution in [0.5, 0.6) is 0 Å². The summed E-state index contributed by atoms with van der Waals surface area (Å²) in [6, 6.07) is 0. The van der Waals surface area contributed by atoms with E-state index in [9.17, 15) is 19.0 Å². The standard InChI is InChI=1S/C61H118NO8P/c1-3-5-7-9-11-13-15-17-19-21-23-25-26-27-28-29-30-31-32-34-35-37-39-41-43-45-47-49-51-53-60(63)67-57-59(58-69-71(65,66)68-56-55-62)70-61(64)54-52-50-48-46-44-42-40-38-36-33-24-22-20-18-16-14-12-10-8-6-4-2/h16,18,22,24,59H,3-15,17,19-21,23,25-58,62H2,1-2H3,(H,65,66)/b18-16-,24-22-. The molecule has 0 aliphatic carbocycles. The average Bonchev–Trinajstić information content (AvgIpc) is 3.36. The fourth-order valence-electron chi connectivity index (χ4n) is 9.26. The number of carbonyl (C=O) groups excluding carboxylic acids is 2. The minimum Gasteiger partial charge on any atom is -0.462 e. The number of ether oxygens (including phenoxy) is 2. The number of nitrogens with two attached hydrogens (primary N) is 1. The van der Waals surface area contributed by atoms with Gasteiger partial charge in [-0.3, -0.25) is 18.6 Å². The van der Waals surface area contributed by atoms with E-state index in [0.717, 1.165) is 51.4 Å². The molecule has 0 amide bonds. The van der Waals surface area contributed by atoms with Crippen molar-refractivity contribution in [2.24, 2.45) is 5.73 Å². The Balaban J connectivity index is 3.88. The van der Waals surface area contributed by atoms with Gasteiger partial charge in [0.1, 0.15) is 6.61 Å². The second-order valence-electron chi connectivity index (χ2n) is 20.9. The summed E-state index contributed by atoms with van der Waals surface area (Å²) in [6.07, 6.45) is 68.2. The van der Waals surface area contributed by atoms with E-state index in [0.29, 0.717) is 6.42 Å². The highest BCUT2D eigenvalue weighted by Crippen LogP contribution is 2.43. The SMILES string of the molecule is CCCCCCC/C=C\C/C=C\CCCCCCCCCCCC(=O)OC(COC(=O)CCCCCCCCCCCCCCCCCCCCCCCCCCCCCCC)COP(=O)(O)OCCN. The number of phosphoric ester groups is 1. The summed E-state index contributed by atoms with van der Waals surface area (Å²) in [7, 11) is -4.39. The molecule has 9 nitrogen and oxygen atoms in total. The lowest BCUT2D eigenvalue weighted by molar-refractivity contribution is -0.161. The number of unbranched alkanes of at least 4 members (excludes halogenated alkanes) is 42. The Kier molecular flexibility index (Phi) is 56.5. The molecule has 10 heteroatoms. The summed E-state index contributed by atoms with van der Waals surface area (Å²) in [6.45, 7) is 3.79. The fourth-order valence-corrected chi connectivity index (χ4v) is 10.0. The Labute approximate surface area is 440 Å². The molecule has 0 saturated carbocycles. The number of phosphoric acid groups is 1. The van der Waals surface area contributed by atoms with Crippen molar-refractivity contribution < 1.29 is 37.6 Å². The van der Waals surface area contributed by atoms with Gasteiger partial charge >= 0.3 is 19.8 Å². The number of rotatable bonds is 59. The Morgan fingerprint density at radius 3 is 1.07 bits per heavy atom. The summed E-state index contributed by atoms with van der Waals surface area (Å²) < 4.78 is 33.1. The highest BCUT2D eigenvalue weighted by Gasteiger charge is 2.26. The Bertz CT molecular complexity index is 1210. The van der Waals surface area contributed by atoms with Crippen molar-refractivity contribution in [3.8, 4) is 0 Å². The summed E-state index contributed by atoms with van der Waals surface area (Å²) in [5.41, 5.74) is 5.39. The highest BCUT2D eigenvalue weighted by molar-refractivity contribution is 7.47. The van der Waals surface area contributed by atoms with E-state index in [-0.39, 0.29) is 38.6 Å². The number of hydrogen-bond donors (Lipinski definition) is 2. The van der Waals surface area contributed by atoms with Crippen molar-refractivity contribution in [1.29, 1.82) is 0 Å². The summed E-state index contributed by atoms with van der Waals surface area (Å²) in [5, 5.41) is 0. The average molecular weight is 1020 g/mol. The van der Waals surface area contributed by atoms with Gasteiger partial charge in [-0.25, -0.2) is 4.57 Å². The molecule has 0 bridgehead atoms. The van der Waals surface area contributed by atoms with Crippen molar-refractivity contribution >= 4 is 19.8 Å². The maximum absolute atomic E-state index is 12.7. The lowest BCUT2D eigenvalue weighted by Gasteiger charge is -2.19. The lowest BCUT2D eigenvalue weighted by Crippen LogP contribution is -2.29. The maximum Gasteiger partial charge on any atom is 0.472 e. The summed E-state index contributed by atoms with van der Waals surface area (Å²) >= 11 is 0. The van der Waals surface area contributed by atoms with Gasteiger partial charge in [0.15, 0.2) is 6.10 Å². The molecule has 0 aromatic carbocycles. The van der Waals surface area contributed by atoms with Crippen LogP contribution in [0.4, 0.5) is 0 Å². The highest BCUT2D eigenvalue weighted by atomic mass is 31.2. The minimum atomic E-state index is -4.39. The molecule has 0 aromatic heterocycles. The summed E-state index contributed by atoms with van der Waals surface area (Å²) in [4.78, 5) is 35.2. The molecular weight excluding hydrogens is 906 g/mol. The van der Waals surface area contributed by atoms with Gasteiger partial charge in [0.05, 0.1) is 13.2 Å². The van der Waals surface area contributed by atoms with Crippen molar-refractivity contribution in [3.05, 3.63) is 24.3 Å². The molecule has 0 heterocycles. The maximum atomic E-state index is 12.7. The van der Waals surface area contributed by atoms with Crippen LogP contribution in [-0.2, 0) is 32.7 Å². The van der Waals surface area contributed by atoms with Gasteiger partial charge in [0, 0.05) is 19.4 Å². The van der Waals surface area contributed by atoms with Crippen molar-refractivity contribution in [1.82, 2.24) is 0 Å². The molecule has 0 saturated heterocycles. The predicted molar refractivity (Wildman–Crippen MR) is 303 cm³/mol. The zero-order valence-electron chi connectivity index (χ0n) is 47.0. The first kappa shape index (κ1) is 69.5. The van der Waals surface area contributed by atoms with Crippen LogP contribution in [0.3, 0.4) is 0 Å². The van der Waals surface area contributed by atoms with E-state index in [1.165, 1.54) is 238 Å². The Morgan fingerprint density at radius 2 is 0.732 bits per heavy atom. The zero-order valence-corrected chi connectivity index (χ0v) is 47.9. The molecule has 3 N–H and O–H groups in total.